The molecule has 1 heterocycles. The molecular weight excluding hydrogens is 228 g/mol. The largest absolute Gasteiger partial charge is 0.366 e. The zero-order valence-electron chi connectivity index (χ0n) is 12.5. The summed E-state index contributed by atoms with van der Waals surface area (Å²) in [6.07, 6.45) is 2.85. The zero-order chi connectivity index (χ0) is 14.0. The minimum Gasteiger partial charge on any atom is -0.366 e. The molecule has 0 radical (unpaired) electrons. The van der Waals surface area contributed by atoms with Crippen LogP contribution in [0.25, 0.3) is 0 Å². The van der Waals surface area contributed by atoms with Gasteiger partial charge in [0.25, 0.3) is 0 Å². The molecule has 4 heteroatoms. The van der Waals surface area contributed by atoms with Gasteiger partial charge < -0.3 is 15.4 Å². The van der Waals surface area contributed by atoms with Crippen LogP contribution in [0.1, 0.15) is 53.9 Å². The molecule has 4 nitrogen and oxygen atoms in total. The van der Waals surface area contributed by atoms with Crippen LogP contribution < -0.4 is 5.73 Å². The van der Waals surface area contributed by atoms with Crippen LogP contribution in [0.5, 0.6) is 0 Å². The van der Waals surface area contributed by atoms with Crippen LogP contribution in [-0.4, -0.2) is 41.1 Å². The number of nitrogens with two attached hydrogens (primary N) is 1. The van der Waals surface area contributed by atoms with E-state index in [1.54, 1.807) is 0 Å². The summed E-state index contributed by atoms with van der Waals surface area (Å²) < 4.78 is 5.97. The average molecular weight is 256 g/mol. The van der Waals surface area contributed by atoms with E-state index in [0.717, 1.165) is 19.3 Å². The minimum atomic E-state index is -0.366. The molecule has 1 unspecified atom stereocenters. The van der Waals surface area contributed by atoms with E-state index in [1.807, 2.05) is 32.6 Å². The lowest BCUT2D eigenvalue weighted by Gasteiger charge is -2.47. The van der Waals surface area contributed by atoms with Crippen LogP contribution in [0.15, 0.2) is 0 Å². The summed E-state index contributed by atoms with van der Waals surface area (Å²) in [4.78, 5) is 14.2. The second kappa shape index (κ2) is 5.57. The van der Waals surface area contributed by atoms with Gasteiger partial charge in [0.15, 0.2) is 0 Å². The van der Waals surface area contributed by atoms with Crippen molar-refractivity contribution in [2.75, 3.05) is 13.1 Å². The van der Waals surface area contributed by atoms with E-state index in [0.29, 0.717) is 13.1 Å². The summed E-state index contributed by atoms with van der Waals surface area (Å²) >= 11 is 0. The first-order chi connectivity index (χ1) is 8.17. The number of carbonyl (C=O) groups is 1. The third-order valence-corrected chi connectivity index (χ3v) is 3.19. The lowest BCUT2D eigenvalue weighted by molar-refractivity contribution is -0.188. The van der Waals surface area contributed by atoms with Crippen molar-refractivity contribution >= 4 is 5.91 Å². The Bertz CT molecular complexity index is 284. The van der Waals surface area contributed by atoms with Crippen molar-refractivity contribution in [3.8, 4) is 0 Å². The SMILES string of the molecule is CCCCC(N)C(=O)N1CC(C)(C)OC(C)(C)C1. The molecule has 0 bridgehead atoms. The smallest absolute Gasteiger partial charge is 0.239 e. The number of amides is 1. The monoisotopic (exact) mass is 256 g/mol. The number of morpholine rings is 1. The molecule has 1 amide bonds. The lowest BCUT2D eigenvalue weighted by atomic mass is 9.97. The maximum Gasteiger partial charge on any atom is 0.239 e. The molecule has 1 rings (SSSR count). The molecule has 0 aliphatic carbocycles. The van der Waals surface area contributed by atoms with E-state index in [2.05, 4.69) is 6.92 Å². The molecule has 0 aromatic heterocycles. The first-order valence-corrected chi connectivity index (χ1v) is 6.91. The Labute approximate surface area is 111 Å². The molecule has 1 saturated heterocycles. The van der Waals surface area contributed by atoms with Crippen LogP contribution in [0.2, 0.25) is 0 Å². The van der Waals surface area contributed by atoms with Gasteiger partial charge in [-0.15, -0.1) is 0 Å². The van der Waals surface area contributed by atoms with Crippen LogP contribution >= 0.6 is 0 Å². The highest BCUT2D eigenvalue weighted by Gasteiger charge is 2.40. The van der Waals surface area contributed by atoms with Crippen molar-refractivity contribution in [1.29, 1.82) is 0 Å². The number of unbranched alkanes of at least 4 members (excludes halogenated alkanes) is 1. The number of rotatable bonds is 4. The van der Waals surface area contributed by atoms with Crippen molar-refractivity contribution in [1.82, 2.24) is 4.90 Å². The Morgan fingerprint density at radius 1 is 1.28 bits per heavy atom. The zero-order valence-corrected chi connectivity index (χ0v) is 12.5. The number of ether oxygens (including phenoxy) is 1. The van der Waals surface area contributed by atoms with Crippen LogP contribution in [0.4, 0.5) is 0 Å². The van der Waals surface area contributed by atoms with E-state index >= 15 is 0 Å². The van der Waals surface area contributed by atoms with Gasteiger partial charge in [0, 0.05) is 13.1 Å². The van der Waals surface area contributed by atoms with Crippen LogP contribution in [-0.2, 0) is 9.53 Å². The molecule has 18 heavy (non-hydrogen) atoms. The number of carbonyl (C=O) groups excluding carboxylic acids is 1. The molecular formula is C14H28N2O2. The fourth-order valence-corrected chi connectivity index (χ4v) is 2.73. The Morgan fingerprint density at radius 3 is 2.22 bits per heavy atom. The average Bonchev–Trinajstić information content (AvgIpc) is 2.20. The van der Waals surface area contributed by atoms with E-state index in [9.17, 15) is 4.79 Å². The molecule has 1 atom stereocenters. The first kappa shape index (κ1) is 15.4. The first-order valence-electron chi connectivity index (χ1n) is 6.91. The summed E-state index contributed by atoms with van der Waals surface area (Å²) in [7, 11) is 0. The van der Waals surface area contributed by atoms with Gasteiger partial charge in [-0.05, 0) is 34.1 Å². The molecule has 1 fully saturated rings. The van der Waals surface area contributed by atoms with Crippen molar-refractivity contribution in [2.45, 2.75) is 71.1 Å². The van der Waals surface area contributed by atoms with Crippen molar-refractivity contribution < 1.29 is 9.53 Å². The third kappa shape index (κ3) is 4.25. The topological polar surface area (TPSA) is 55.6 Å². The minimum absolute atomic E-state index is 0.0629. The Morgan fingerprint density at radius 2 is 1.78 bits per heavy atom. The van der Waals surface area contributed by atoms with Gasteiger partial charge in [-0.2, -0.15) is 0 Å². The van der Waals surface area contributed by atoms with Crippen molar-refractivity contribution in [3.05, 3.63) is 0 Å². The lowest BCUT2D eigenvalue weighted by Crippen LogP contribution is -2.61. The highest BCUT2D eigenvalue weighted by atomic mass is 16.5. The van der Waals surface area contributed by atoms with Crippen LogP contribution in [0, 0.1) is 0 Å². The van der Waals surface area contributed by atoms with E-state index in [1.165, 1.54) is 0 Å². The number of nitrogens with zero attached hydrogens (tertiary/aromatic N) is 1. The predicted molar refractivity (Wildman–Crippen MR) is 73.3 cm³/mol. The Kier molecular flexibility index (Phi) is 4.78. The van der Waals surface area contributed by atoms with Gasteiger partial charge in [0.1, 0.15) is 0 Å². The Hall–Kier alpha value is -0.610. The van der Waals surface area contributed by atoms with Gasteiger partial charge in [0.05, 0.1) is 17.2 Å². The highest BCUT2D eigenvalue weighted by Crippen LogP contribution is 2.28. The predicted octanol–water partition coefficient (Wildman–Crippen LogP) is 1.92. The fraction of sp³-hybridized carbons (Fsp3) is 0.929. The second-order valence-electron chi connectivity index (χ2n) is 6.56. The maximum absolute atomic E-state index is 12.3. The van der Waals surface area contributed by atoms with E-state index < -0.39 is 0 Å². The number of hydrogen-bond acceptors (Lipinski definition) is 3. The second-order valence-corrected chi connectivity index (χ2v) is 6.56. The maximum atomic E-state index is 12.3. The molecule has 1 aliphatic heterocycles. The molecule has 0 aromatic rings. The molecule has 2 N–H and O–H groups in total. The molecule has 1 aliphatic rings. The molecule has 106 valence electrons. The van der Waals surface area contributed by atoms with Gasteiger partial charge in [-0.3, -0.25) is 4.79 Å². The van der Waals surface area contributed by atoms with Gasteiger partial charge in [-0.25, -0.2) is 0 Å². The van der Waals surface area contributed by atoms with Crippen LogP contribution in [0.3, 0.4) is 0 Å². The van der Waals surface area contributed by atoms with E-state index in [4.69, 9.17) is 10.5 Å². The summed E-state index contributed by atoms with van der Waals surface area (Å²) in [5, 5.41) is 0. The Balaban J connectivity index is 2.67. The summed E-state index contributed by atoms with van der Waals surface area (Å²) in [6, 6.07) is -0.366. The van der Waals surface area contributed by atoms with Gasteiger partial charge >= 0.3 is 0 Å². The third-order valence-electron chi connectivity index (χ3n) is 3.19. The molecule has 0 saturated carbocycles. The molecule has 0 spiro atoms. The van der Waals surface area contributed by atoms with Crippen molar-refractivity contribution in [2.24, 2.45) is 5.73 Å². The quantitative estimate of drug-likeness (QED) is 0.836. The van der Waals surface area contributed by atoms with Gasteiger partial charge in [-0.1, -0.05) is 19.8 Å². The fourth-order valence-electron chi connectivity index (χ4n) is 2.73. The summed E-state index contributed by atoms with van der Waals surface area (Å²) in [5.74, 6) is 0.0629. The van der Waals surface area contributed by atoms with E-state index in [-0.39, 0.29) is 23.2 Å². The standard InChI is InChI=1S/C14H28N2O2/c1-6-7-8-11(15)12(17)16-9-13(2,3)18-14(4,5)10-16/h11H,6-10,15H2,1-5H3. The van der Waals surface area contributed by atoms with Gasteiger partial charge in [0.2, 0.25) is 5.91 Å². The number of hydrogen-bond donors (Lipinski definition) is 1. The summed E-state index contributed by atoms with van der Waals surface area (Å²) in [6.45, 7) is 11.4. The highest BCUT2D eigenvalue weighted by molar-refractivity contribution is 5.81. The summed E-state index contributed by atoms with van der Waals surface area (Å²) in [5.41, 5.74) is 5.37. The molecule has 0 aromatic carbocycles. The normalized spacial score (nSPS) is 23.8. The van der Waals surface area contributed by atoms with Crippen molar-refractivity contribution in [3.63, 3.8) is 0 Å².